The fourth-order valence-corrected chi connectivity index (χ4v) is 2.10. The summed E-state index contributed by atoms with van der Waals surface area (Å²) in [7, 11) is -1.18. The van der Waals surface area contributed by atoms with E-state index in [0.29, 0.717) is 23.2 Å². The molecule has 98 valence electrons. The van der Waals surface area contributed by atoms with E-state index >= 15 is 0 Å². The van der Waals surface area contributed by atoms with Crippen LogP contribution in [0.25, 0.3) is 0 Å². The first-order chi connectivity index (χ1) is 8.54. The zero-order valence-electron chi connectivity index (χ0n) is 10.4. The van der Waals surface area contributed by atoms with Crippen LogP contribution < -0.4 is 10.2 Å². The summed E-state index contributed by atoms with van der Waals surface area (Å²) in [5.41, 5.74) is 0.690. The fourth-order valence-electron chi connectivity index (χ4n) is 2.10. The average molecular weight is 254 g/mol. The lowest BCUT2D eigenvalue weighted by molar-refractivity contribution is 0.123. The van der Waals surface area contributed by atoms with Crippen LogP contribution in [0.3, 0.4) is 0 Å². The molecule has 2 atom stereocenters. The van der Waals surface area contributed by atoms with Crippen LogP contribution in [0.2, 0.25) is 0 Å². The summed E-state index contributed by atoms with van der Waals surface area (Å²) in [4.78, 5) is 0. The number of hydrogen-bond donors (Lipinski definition) is 2. The molecule has 1 aliphatic rings. The highest BCUT2D eigenvalue weighted by molar-refractivity contribution is 6.62. The number of halogens is 1. The van der Waals surface area contributed by atoms with E-state index in [0.717, 1.165) is 0 Å². The Bertz CT molecular complexity index is 438. The van der Waals surface area contributed by atoms with Crippen LogP contribution in [-0.2, 0) is 4.65 Å². The molecule has 0 aromatic heterocycles. The van der Waals surface area contributed by atoms with Crippen LogP contribution in [0.5, 0.6) is 5.75 Å². The molecule has 1 heterocycles. The summed E-state index contributed by atoms with van der Waals surface area (Å²) in [5, 5.41) is 19.0. The Kier molecular flexibility index (Phi) is 3.89. The molecule has 18 heavy (non-hydrogen) atoms. The zero-order chi connectivity index (χ0) is 13.3. The summed E-state index contributed by atoms with van der Waals surface area (Å²) < 4.78 is 24.4. The van der Waals surface area contributed by atoms with Crippen LogP contribution in [0.15, 0.2) is 12.1 Å². The molecule has 0 radical (unpaired) electrons. The largest absolute Gasteiger partial charge is 0.495 e. The van der Waals surface area contributed by atoms with Crippen LogP contribution in [0.1, 0.15) is 31.9 Å². The molecule has 1 aromatic carbocycles. The molecule has 2 N–H and O–H groups in total. The molecular formula is C12H16BFO4. The molecule has 0 aliphatic carbocycles. The van der Waals surface area contributed by atoms with E-state index in [-0.39, 0.29) is 6.61 Å². The van der Waals surface area contributed by atoms with Crippen molar-refractivity contribution in [3.8, 4) is 5.75 Å². The molecule has 0 amide bonds. The Hall–Kier alpha value is -1.11. The normalized spacial score (nSPS) is 19.8. The van der Waals surface area contributed by atoms with Crippen molar-refractivity contribution in [3.05, 3.63) is 23.5 Å². The molecule has 1 unspecified atom stereocenters. The van der Waals surface area contributed by atoms with Crippen LogP contribution >= 0.6 is 0 Å². The van der Waals surface area contributed by atoms with Gasteiger partial charge in [-0.3, -0.25) is 0 Å². The second-order valence-corrected chi connectivity index (χ2v) is 4.42. The van der Waals surface area contributed by atoms with Gasteiger partial charge in [0.15, 0.2) is 0 Å². The highest BCUT2D eigenvalue weighted by Crippen LogP contribution is 2.32. The predicted octanol–water partition coefficient (Wildman–Crippen LogP) is 0.754. The van der Waals surface area contributed by atoms with Crippen molar-refractivity contribution < 1.29 is 23.9 Å². The topological polar surface area (TPSA) is 58.9 Å². The highest BCUT2D eigenvalue weighted by atomic mass is 19.1. The maximum atomic E-state index is 13.8. The number of fused-ring (bicyclic) bond motifs is 1. The monoisotopic (exact) mass is 254 g/mol. The minimum atomic E-state index is -1.18. The number of hydrogen-bond acceptors (Lipinski definition) is 4. The standard InChI is InChI=1S/C12H16BFO4/c1-3-9-11-8(14)4-5-10(17-6-7(2)15)12(11)13(16)18-9/h4-5,7,9,15-16H,3,6H2,1-2H3/t7?,9-/m1/s1. The van der Waals surface area contributed by atoms with E-state index in [1.54, 1.807) is 6.92 Å². The molecule has 0 spiro atoms. The van der Waals surface area contributed by atoms with E-state index in [4.69, 9.17) is 9.39 Å². The van der Waals surface area contributed by atoms with Gasteiger partial charge in [-0.25, -0.2) is 4.39 Å². The Morgan fingerprint density at radius 3 is 2.89 bits per heavy atom. The van der Waals surface area contributed by atoms with Gasteiger partial charge < -0.3 is 19.5 Å². The van der Waals surface area contributed by atoms with Crippen LogP contribution in [0, 0.1) is 5.82 Å². The van der Waals surface area contributed by atoms with Crippen molar-refractivity contribution in [2.45, 2.75) is 32.5 Å². The van der Waals surface area contributed by atoms with Gasteiger partial charge in [0.25, 0.3) is 0 Å². The first-order valence-electron chi connectivity index (χ1n) is 6.01. The SMILES string of the molecule is CC[C@H]1OB(O)c2c(OCC(C)O)ccc(F)c21. The predicted molar refractivity (Wildman–Crippen MR) is 65.3 cm³/mol. The lowest BCUT2D eigenvalue weighted by Gasteiger charge is -2.13. The molecular weight excluding hydrogens is 238 g/mol. The van der Waals surface area contributed by atoms with E-state index in [1.165, 1.54) is 12.1 Å². The number of benzene rings is 1. The number of rotatable bonds is 4. The minimum absolute atomic E-state index is 0.0849. The highest BCUT2D eigenvalue weighted by Gasteiger charge is 2.39. The first kappa shape index (κ1) is 13.3. The van der Waals surface area contributed by atoms with Crippen molar-refractivity contribution in [1.82, 2.24) is 0 Å². The van der Waals surface area contributed by atoms with Gasteiger partial charge in [0.2, 0.25) is 0 Å². The zero-order valence-corrected chi connectivity index (χ0v) is 10.4. The van der Waals surface area contributed by atoms with Gasteiger partial charge in [-0.1, -0.05) is 6.92 Å². The summed E-state index contributed by atoms with van der Waals surface area (Å²) in [6.07, 6.45) is -0.516. The van der Waals surface area contributed by atoms with Gasteiger partial charge in [-0.05, 0) is 25.5 Å². The van der Waals surface area contributed by atoms with E-state index in [2.05, 4.69) is 0 Å². The van der Waals surface area contributed by atoms with E-state index in [9.17, 15) is 14.5 Å². The Morgan fingerprint density at radius 1 is 1.56 bits per heavy atom. The van der Waals surface area contributed by atoms with Crippen molar-refractivity contribution in [3.63, 3.8) is 0 Å². The molecule has 0 saturated heterocycles. The number of aliphatic hydroxyl groups is 1. The van der Waals surface area contributed by atoms with Crippen molar-refractivity contribution >= 4 is 12.6 Å². The second-order valence-electron chi connectivity index (χ2n) is 4.42. The summed E-state index contributed by atoms with van der Waals surface area (Å²) >= 11 is 0. The average Bonchev–Trinajstić information content (AvgIpc) is 2.67. The summed E-state index contributed by atoms with van der Waals surface area (Å²) in [6, 6.07) is 2.74. The Labute approximate surface area is 105 Å². The van der Waals surface area contributed by atoms with Gasteiger partial charge in [0.05, 0.1) is 12.2 Å². The maximum absolute atomic E-state index is 13.8. The molecule has 4 nitrogen and oxygen atoms in total. The van der Waals surface area contributed by atoms with Crippen LogP contribution in [0.4, 0.5) is 4.39 Å². The van der Waals surface area contributed by atoms with Gasteiger partial charge >= 0.3 is 7.12 Å². The molecule has 0 bridgehead atoms. The van der Waals surface area contributed by atoms with Crippen LogP contribution in [-0.4, -0.2) is 30.0 Å². The summed E-state index contributed by atoms with van der Waals surface area (Å²) in [5.74, 6) is -0.0476. The molecule has 6 heteroatoms. The fraction of sp³-hybridized carbons (Fsp3) is 0.500. The molecule has 0 fully saturated rings. The van der Waals surface area contributed by atoms with Gasteiger partial charge in [0.1, 0.15) is 18.2 Å². The molecule has 2 rings (SSSR count). The third-order valence-electron chi connectivity index (χ3n) is 2.91. The number of aliphatic hydroxyl groups excluding tert-OH is 1. The quantitative estimate of drug-likeness (QED) is 0.778. The van der Waals surface area contributed by atoms with Crippen molar-refractivity contribution in [2.75, 3.05) is 6.61 Å². The lowest BCUT2D eigenvalue weighted by Crippen LogP contribution is -2.31. The van der Waals surface area contributed by atoms with E-state index in [1.807, 2.05) is 6.92 Å². The lowest BCUT2D eigenvalue weighted by atomic mass is 9.78. The van der Waals surface area contributed by atoms with E-state index < -0.39 is 25.1 Å². The summed E-state index contributed by atoms with van der Waals surface area (Å²) in [6.45, 7) is 3.53. The second kappa shape index (κ2) is 5.26. The molecule has 1 aromatic rings. The molecule has 0 saturated carbocycles. The first-order valence-corrected chi connectivity index (χ1v) is 6.01. The minimum Gasteiger partial charge on any atom is -0.491 e. The van der Waals surface area contributed by atoms with Gasteiger partial charge in [-0.15, -0.1) is 0 Å². The smallest absolute Gasteiger partial charge is 0.491 e. The van der Waals surface area contributed by atoms with Crippen molar-refractivity contribution in [2.24, 2.45) is 0 Å². The van der Waals surface area contributed by atoms with Gasteiger partial charge in [-0.2, -0.15) is 0 Å². The maximum Gasteiger partial charge on any atom is 0.495 e. The Balaban J connectivity index is 2.36. The third kappa shape index (κ3) is 2.36. The van der Waals surface area contributed by atoms with Gasteiger partial charge in [0, 0.05) is 11.0 Å². The number of ether oxygens (including phenoxy) is 1. The van der Waals surface area contributed by atoms with Crippen molar-refractivity contribution in [1.29, 1.82) is 0 Å². The Morgan fingerprint density at radius 2 is 2.28 bits per heavy atom. The molecule has 1 aliphatic heterocycles. The third-order valence-corrected chi connectivity index (χ3v) is 2.91.